The molecule has 0 aromatic carbocycles. The molecule has 1 atom stereocenters. The van der Waals surface area contributed by atoms with Gasteiger partial charge in [-0.1, -0.05) is 6.07 Å². The van der Waals surface area contributed by atoms with Gasteiger partial charge in [0, 0.05) is 42.1 Å². The Labute approximate surface area is 199 Å². The molecule has 1 aliphatic carbocycles. The van der Waals surface area contributed by atoms with E-state index in [2.05, 4.69) is 58.3 Å². The van der Waals surface area contributed by atoms with Gasteiger partial charge in [-0.15, -0.1) is 11.8 Å². The molecule has 0 saturated heterocycles. The Bertz CT molecular complexity index is 1460. The van der Waals surface area contributed by atoms with Gasteiger partial charge >= 0.3 is 0 Å². The van der Waals surface area contributed by atoms with E-state index in [0.29, 0.717) is 11.2 Å². The summed E-state index contributed by atoms with van der Waals surface area (Å²) in [6.07, 6.45) is 3.20. The zero-order valence-electron chi connectivity index (χ0n) is 19.5. The molecule has 1 saturated carbocycles. The molecule has 1 unspecified atom stereocenters. The van der Waals surface area contributed by atoms with Crippen LogP contribution in [-0.2, 0) is 12.6 Å². The summed E-state index contributed by atoms with van der Waals surface area (Å²) < 4.78 is 31.2. The Morgan fingerprint density at radius 1 is 1.15 bits per heavy atom. The van der Waals surface area contributed by atoms with Gasteiger partial charge in [-0.05, 0) is 57.2 Å². The highest BCUT2D eigenvalue weighted by atomic mass is 32.2. The van der Waals surface area contributed by atoms with Crippen LogP contribution in [0.1, 0.15) is 25.5 Å². The summed E-state index contributed by atoms with van der Waals surface area (Å²) in [6.45, 7) is 4.02. The largest absolute Gasteiger partial charge is 0.357 e. The van der Waals surface area contributed by atoms with E-state index in [9.17, 15) is 18.4 Å². The first-order valence-electron chi connectivity index (χ1n) is 10.9. The van der Waals surface area contributed by atoms with Gasteiger partial charge in [-0.25, -0.2) is 13.5 Å². The first-order chi connectivity index (χ1) is 16.2. The number of fused-ring (bicyclic) bond motifs is 2. The number of nitrogens with one attached hydrogen (secondary N) is 1. The molecule has 1 N–H and O–H groups in total. The van der Waals surface area contributed by atoms with Crippen molar-refractivity contribution in [1.29, 1.82) is 0 Å². The van der Waals surface area contributed by atoms with Crippen LogP contribution in [0.25, 0.3) is 16.3 Å². The summed E-state index contributed by atoms with van der Waals surface area (Å²) in [6, 6.07) is 11.6. The molecule has 4 heterocycles. The second-order valence-electron chi connectivity index (χ2n) is 8.48. The highest BCUT2D eigenvalue weighted by molar-refractivity contribution is 7.99. The number of aryl methyl sites for hydroxylation is 2. The number of pyridine rings is 2. The summed E-state index contributed by atoms with van der Waals surface area (Å²) in [5.41, 5.74) is 0.0721. The number of alkyl halides is 2. The van der Waals surface area contributed by atoms with Crippen molar-refractivity contribution in [3.05, 3.63) is 75.2 Å². The smallest absolute Gasteiger partial charge is 0.274 e. The number of rotatable bonds is 5. The highest BCUT2D eigenvalue weighted by Crippen LogP contribution is 2.47. The van der Waals surface area contributed by atoms with Crippen LogP contribution < -0.4 is 16.4 Å². The number of hydrogen-bond donors (Lipinski definition) is 1. The second-order valence-corrected chi connectivity index (χ2v) is 9.66. The molecular formula is C24H27F2N5O2S. The Balaban J connectivity index is 0.000000226. The van der Waals surface area contributed by atoms with Gasteiger partial charge in [-0.3, -0.25) is 9.59 Å². The van der Waals surface area contributed by atoms with E-state index in [0.717, 1.165) is 15.3 Å². The number of aromatic nitrogens is 4. The van der Waals surface area contributed by atoms with E-state index in [4.69, 9.17) is 0 Å². The van der Waals surface area contributed by atoms with E-state index in [1.807, 2.05) is 13.2 Å². The van der Waals surface area contributed by atoms with E-state index >= 15 is 0 Å². The summed E-state index contributed by atoms with van der Waals surface area (Å²) in [7, 11) is 1.49. The quantitative estimate of drug-likeness (QED) is 0.427. The minimum atomic E-state index is -2.63. The SMILES string of the molecule is CSC(C)Nc1nn(C)c(=O)c2cc(=O)n(C3(C(F)F)CC3)cc12.Cc1cccc2cccn12. The maximum Gasteiger partial charge on any atom is 0.274 e. The van der Waals surface area contributed by atoms with Crippen LogP contribution in [0, 0.1) is 6.92 Å². The molecule has 4 aromatic rings. The monoisotopic (exact) mass is 487 g/mol. The number of halogens is 2. The zero-order chi connectivity index (χ0) is 24.6. The molecule has 180 valence electrons. The van der Waals surface area contributed by atoms with Gasteiger partial charge in [0.15, 0.2) is 5.82 Å². The van der Waals surface area contributed by atoms with Crippen molar-refractivity contribution in [3.63, 3.8) is 0 Å². The average Bonchev–Trinajstić information content (AvgIpc) is 3.47. The zero-order valence-corrected chi connectivity index (χ0v) is 20.3. The number of hydrogen-bond acceptors (Lipinski definition) is 5. The first-order valence-corrected chi connectivity index (χ1v) is 12.2. The molecule has 0 spiro atoms. The normalized spacial score (nSPS) is 15.3. The van der Waals surface area contributed by atoms with Crippen molar-refractivity contribution < 1.29 is 8.78 Å². The van der Waals surface area contributed by atoms with Crippen LogP contribution >= 0.6 is 11.8 Å². The molecule has 0 aliphatic heterocycles. The Morgan fingerprint density at radius 2 is 1.85 bits per heavy atom. The maximum absolute atomic E-state index is 13.4. The third-order valence-corrected chi connectivity index (χ3v) is 7.01. The molecule has 7 nitrogen and oxygen atoms in total. The summed E-state index contributed by atoms with van der Waals surface area (Å²) >= 11 is 1.54. The molecule has 4 aromatic heterocycles. The van der Waals surface area contributed by atoms with Gasteiger partial charge in [0.05, 0.1) is 10.8 Å². The molecule has 34 heavy (non-hydrogen) atoms. The number of anilines is 1. The lowest BCUT2D eigenvalue weighted by atomic mass is 10.2. The van der Waals surface area contributed by atoms with E-state index in [-0.39, 0.29) is 23.6 Å². The lowest BCUT2D eigenvalue weighted by Gasteiger charge is -2.20. The predicted octanol–water partition coefficient (Wildman–Crippen LogP) is 4.22. The van der Waals surface area contributed by atoms with Gasteiger partial charge in [0.1, 0.15) is 5.54 Å². The fraction of sp³-hybridized carbons (Fsp3) is 0.375. The standard InChI is InChI=1S/C15H18F2N4O2S.C9H9N/c1-8(24-3)18-12-10-7-21(15(4-5-15)14(16)17)11(22)6-9(10)13(23)20(2)19-12;1-8-4-2-5-9-6-3-7-10(8)9/h6-8,14H,4-5H2,1-3H3,(H,18,19);2-7H,1H3. The molecule has 1 fully saturated rings. The fourth-order valence-corrected chi connectivity index (χ4v) is 4.17. The summed E-state index contributed by atoms with van der Waals surface area (Å²) in [5.74, 6) is 0.396. The van der Waals surface area contributed by atoms with Crippen molar-refractivity contribution >= 4 is 33.9 Å². The second kappa shape index (κ2) is 9.25. The van der Waals surface area contributed by atoms with Gasteiger partial charge in [0.2, 0.25) is 0 Å². The van der Waals surface area contributed by atoms with Crippen molar-refractivity contribution in [3.8, 4) is 0 Å². The van der Waals surface area contributed by atoms with Crippen LogP contribution in [0.4, 0.5) is 14.6 Å². The van der Waals surface area contributed by atoms with Crippen LogP contribution in [0.5, 0.6) is 0 Å². The minimum Gasteiger partial charge on any atom is -0.357 e. The Hall–Kier alpha value is -3.14. The lowest BCUT2D eigenvalue weighted by Crippen LogP contribution is -2.36. The molecule has 0 radical (unpaired) electrons. The maximum atomic E-state index is 13.4. The fourth-order valence-electron chi connectivity index (χ4n) is 3.94. The molecule has 1 aliphatic rings. The molecular weight excluding hydrogens is 460 g/mol. The molecule has 0 bridgehead atoms. The van der Waals surface area contributed by atoms with Crippen molar-refractivity contribution in [1.82, 2.24) is 18.7 Å². The van der Waals surface area contributed by atoms with Crippen molar-refractivity contribution in [2.45, 2.75) is 44.0 Å². The predicted molar refractivity (Wildman–Crippen MR) is 133 cm³/mol. The van der Waals surface area contributed by atoms with Crippen molar-refractivity contribution in [2.24, 2.45) is 7.05 Å². The number of thioether (sulfide) groups is 1. The Kier molecular flexibility index (Phi) is 6.53. The van der Waals surface area contributed by atoms with Crippen LogP contribution in [0.3, 0.4) is 0 Å². The van der Waals surface area contributed by atoms with E-state index < -0.39 is 23.1 Å². The van der Waals surface area contributed by atoms with Gasteiger partial charge in [0.25, 0.3) is 17.5 Å². The molecule has 10 heteroatoms. The lowest BCUT2D eigenvalue weighted by molar-refractivity contribution is 0.0654. The summed E-state index contributed by atoms with van der Waals surface area (Å²) in [5, 5.41) is 7.88. The van der Waals surface area contributed by atoms with E-state index in [1.165, 1.54) is 24.5 Å². The van der Waals surface area contributed by atoms with Crippen molar-refractivity contribution in [2.75, 3.05) is 11.6 Å². The third-order valence-electron chi connectivity index (χ3n) is 6.19. The topological polar surface area (TPSA) is 73.3 Å². The Morgan fingerprint density at radius 3 is 2.47 bits per heavy atom. The highest BCUT2D eigenvalue weighted by Gasteiger charge is 2.53. The third kappa shape index (κ3) is 4.34. The van der Waals surface area contributed by atoms with Gasteiger partial charge < -0.3 is 14.3 Å². The van der Waals surface area contributed by atoms with Crippen LogP contribution in [0.2, 0.25) is 0 Å². The van der Waals surface area contributed by atoms with Gasteiger partial charge in [-0.2, -0.15) is 5.10 Å². The summed E-state index contributed by atoms with van der Waals surface area (Å²) in [4.78, 5) is 24.6. The van der Waals surface area contributed by atoms with Crippen LogP contribution in [-0.4, -0.2) is 36.8 Å². The van der Waals surface area contributed by atoms with E-state index in [1.54, 1.807) is 11.8 Å². The molecule has 5 rings (SSSR count). The van der Waals surface area contributed by atoms with Crippen LogP contribution in [0.15, 0.2) is 58.4 Å². The first kappa shape index (κ1) is 24.0. The number of nitrogens with zero attached hydrogens (tertiary/aromatic N) is 4. The molecule has 0 amide bonds. The average molecular weight is 488 g/mol. The minimum absolute atomic E-state index is 0.00330.